The summed E-state index contributed by atoms with van der Waals surface area (Å²) in [6.45, 7) is 2.95. The van der Waals surface area contributed by atoms with Crippen molar-refractivity contribution < 1.29 is 23.9 Å². The maximum atomic E-state index is 12.5. The average Bonchev–Trinajstić information content (AvgIpc) is 2.76. The molecule has 0 fully saturated rings. The minimum Gasteiger partial charge on any atom is -0.494 e. The topological polar surface area (TPSA) is 113 Å². The lowest BCUT2D eigenvalue weighted by Crippen LogP contribution is -2.15. The number of anilines is 1. The van der Waals surface area contributed by atoms with Crippen LogP contribution in [-0.2, 0) is 4.79 Å². The minimum absolute atomic E-state index is 0.114. The van der Waals surface area contributed by atoms with E-state index in [0.29, 0.717) is 30.4 Å². The van der Waals surface area contributed by atoms with Gasteiger partial charge in [0, 0.05) is 17.5 Å². The minimum atomic E-state index is -0.521. The predicted octanol–water partition coefficient (Wildman–Crippen LogP) is 3.96. The van der Waals surface area contributed by atoms with Gasteiger partial charge in [-0.3, -0.25) is 14.9 Å². The second-order valence-corrected chi connectivity index (χ2v) is 7.74. The van der Waals surface area contributed by atoms with Gasteiger partial charge in [-0.05, 0) is 30.7 Å². The van der Waals surface area contributed by atoms with Gasteiger partial charge in [0.05, 0.1) is 35.1 Å². The van der Waals surface area contributed by atoms with Crippen LogP contribution in [0, 0.1) is 17.0 Å². The van der Waals surface area contributed by atoms with Gasteiger partial charge in [0.1, 0.15) is 24.0 Å². The largest absolute Gasteiger partial charge is 0.494 e. The molecule has 31 heavy (non-hydrogen) atoms. The summed E-state index contributed by atoms with van der Waals surface area (Å²) in [6, 6.07) is 9.78. The number of nitro benzene ring substituents is 1. The number of nitrogens with one attached hydrogen (secondary N) is 1. The molecule has 0 saturated carbocycles. The molecule has 1 aliphatic rings. The summed E-state index contributed by atoms with van der Waals surface area (Å²) in [5.74, 6) is 1.43. The van der Waals surface area contributed by atoms with Gasteiger partial charge in [0.25, 0.3) is 5.69 Å². The lowest BCUT2D eigenvalue weighted by molar-refractivity contribution is -0.384. The van der Waals surface area contributed by atoms with Crippen LogP contribution in [0.15, 0.2) is 41.4 Å². The third kappa shape index (κ3) is 4.48. The number of fused-ring (bicyclic) bond motifs is 2. The van der Waals surface area contributed by atoms with E-state index in [-0.39, 0.29) is 23.1 Å². The number of rotatable bonds is 6. The Kier molecular flexibility index (Phi) is 5.81. The molecule has 10 heteroatoms. The van der Waals surface area contributed by atoms with E-state index in [4.69, 9.17) is 14.2 Å². The fourth-order valence-electron chi connectivity index (χ4n) is 3.16. The van der Waals surface area contributed by atoms with Crippen LogP contribution >= 0.6 is 11.8 Å². The Morgan fingerprint density at radius 3 is 2.68 bits per heavy atom. The van der Waals surface area contributed by atoms with Gasteiger partial charge in [0.15, 0.2) is 11.5 Å². The van der Waals surface area contributed by atoms with E-state index < -0.39 is 4.92 Å². The Balaban J connectivity index is 1.48. The normalized spacial score (nSPS) is 12.5. The molecule has 160 valence electrons. The van der Waals surface area contributed by atoms with Crippen LogP contribution in [0.1, 0.15) is 5.56 Å². The highest BCUT2D eigenvalue weighted by atomic mass is 32.2. The van der Waals surface area contributed by atoms with Crippen LogP contribution in [0.2, 0.25) is 0 Å². The van der Waals surface area contributed by atoms with Gasteiger partial charge in [-0.25, -0.2) is 4.98 Å². The van der Waals surface area contributed by atoms with E-state index in [1.165, 1.54) is 37.1 Å². The highest BCUT2D eigenvalue weighted by Crippen LogP contribution is 2.36. The summed E-state index contributed by atoms with van der Waals surface area (Å²) in [4.78, 5) is 27.5. The quantitative estimate of drug-likeness (QED) is 0.347. The Hall–Kier alpha value is -3.53. The van der Waals surface area contributed by atoms with Gasteiger partial charge in [-0.1, -0.05) is 11.8 Å². The Morgan fingerprint density at radius 2 is 1.97 bits per heavy atom. The van der Waals surface area contributed by atoms with Crippen molar-refractivity contribution in [3.8, 4) is 17.2 Å². The van der Waals surface area contributed by atoms with Gasteiger partial charge in [-0.15, -0.1) is 0 Å². The van der Waals surface area contributed by atoms with Crippen molar-refractivity contribution in [2.24, 2.45) is 0 Å². The molecule has 0 atom stereocenters. The molecule has 0 spiro atoms. The standard InChI is InChI=1S/C21H19N3O6S/c1-12-7-13-8-18-19(30-6-5-29-18)10-16(13)23-21(12)31-11-20(25)22-15-4-3-14(24(26)27)9-17(15)28-2/h3-4,7-10H,5-6,11H2,1-2H3,(H,22,25). The maximum Gasteiger partial charge on any atom is 0.273 e. The second-order valence-electron chi connectivity index (χ2n) is 6.78. The van der Waals surface area contributed by atoms with Crippen molar-refractivity contribution in [2.45, 2.75) is 11.9 Å². The van der Waals surface area contributed by atoms with Crippen LogP contribution in [0.25, 0.3) is 10.9 Å². The molecular weight excluding hydrogens is 422 g/mol. The van der Waals surface area contributed by atoms with E-state index in [9.17, 15) is 14.9 Å². The molecule has 4 rings (SSSR count). The van der Waals surface area contributed by atoms with Crippen LogP contribution in [0.4, 0.5) is 11.4 Å². The van der Waals surface area contributed by atoms with Crippen LogP contribution < -0.4 is 19.5 Å². The number of nitro groups is 1. The number of pyridine rings is 1. The third-order valence-corrected chi connectivity index (χ3v) is 5.73. The first-order valence-electron chi connectivity index (χ1n) is 9.40. The van der Waals surface area contributed by atoms with Gasteiger partial charge >= 0.3 is 0 Å². The number of hydrogen-bond acceptors (Lipinski definition) is 8. The van der Waals surface area contributed by atoms with E-state index in [2.05, 4.69) is 10.3 Å². The Labute approximate surface area is 181 Å². The molecule has 0 unspecified atom stereocenters. The summed E-state index contributed by atoms with van der Waals surface area (Å²) in [5.41, 5.74) is 1.95. The number of carbonyl (C=O) groups is 1. The van der Waals surface area contributed by atoms with Crippen molar-refractivity contribution in [3.05, 3.63) is 52.1 Å². The number of carbonyl (C=O) groups excluding carboxylic acids is 1. The summed E-state index contributed by atoms with van der Waals surface area (Å²) >= 11 is 1.30. The second kappa shape index (κ2) is 8.68. The molecule has 0 aliphatic carbocycles. The molecule has 0 saturated heterocycles. The maximum absolute atomic E-state index is 12.5. The highest BCUT2D eigenvalue weighted by Gasteiger charge is 2.16. The number of aromatic nitrogens is 1. The van der Waals surface area contributed by atoms with E-state index >= 15 is 0 Å². The van der Waals surface area contributed by atoms with E-state index in [0.717, 1.165) is 21.5 Å². The Bertz CT molecular complexity index is 1180. The number of hydrogen-bond donors (Lipinski definition) is 1. The summed E-state index contributed by atoms with van der Waals surface area (Å²) in [6.07, 6.45) is 0. The smallest absolute Gasteiger partial charge is 0.273 e. The molecular formula is C21H19N3O6S. The Morgan fingerprint density at radius 1 is 1.23 bits per heavy atom. The van der Waals surface area contributed by atoms with Crippen molar-refractivity contribution in [1.29, 1.82) is 0 Å². The first-order chi connectivity index (χ1) is 14.9. The van der Waals surface area contributed by atoms with Crippen LogP contribution in [0.3, 0.4) is 0 Å². The summed E-state index contributed by atoms with van der Waals surface area (Å²) in [5, 5.41) is 15.3. The van der Waals surface area contributed by atoms with Crippen LogP contribution in [0.5, 0.6) is 17.2 Å². The van der Waals surface area contributed by atoms with Crippen molar-refractivity contribution in [1.82, 2.24) is 4.98 Å². The van der Waals surface area contributed by atoms with Gasteiger partial charge < -0.3 is 19.5 Å². The third-order valence-electron chi connectivity index (χ3n) is 4.63. The fraction of sp³-hybridized carbons (Fsp3) is 0.238. The fourth-order valence-corrected chi connectivity index (χ4v) is 3.95. The average molecular weight is 441 g/mol. The number of non-ortho nitro benzene ring substituents is 1. The molecule has 3 aromatic rings. The van der Waals surface area contributed by atoms with Crippen LogP contribution in [-0.4, -0.2) is 41.9 Å². The van der Waals surface area contributed by atoms with Crippen molar-refractivity contribution in [3.63, 3.8) is 0 Å². The summed E-state index contributed by atoms with van der Waals surface area (Å²) < 4.78 is 16.4. The number of nitrogens with zero attached hydrogens (tertiary/aromatic N) is 2. The lowest BCUT2D eigenvalue weighted by Gasteiger charge is -2.19. The van der Waals surface area contributed by atoms with Gasteiger partial charge in [0.2, 0.25) is 5.91 Å². The first-order valence-corrected chi connectivity index (χ1v) is 10.4. The number of benzene rings is 2. The molecule has 1 N–H and O–H groups in total. The molecule has 1 aromatic heterocycles. The molecule has 0 radical (unpaired) electrons. The van der Waals surface area contributed by atoms with Crippen molar-refractivity contribution in [2.75, 3.05) is 31.4 Å². The SMILES string of the molecule is COc1cc([N+](=O)[O-])ccc1NC(=O)CSc1nc2cc3c(cc2cc1C)OCCO3. The number of thioether (sulfide) groups is 1. The monoisotopic (exact) mass is 441 g/mol. The van der Waals surface area contributed by atoms with Crippen molar-refractivity contribution >= 4 is 39.9 Å². The zero-order valence-electron chi connectivity index (χ0n) is 16.8. The highest BCUT2D eigenvalue weighted by molar-refractivity contribution is 8.00. The number of methoxy groups -OCH3 is 1. The first kappa shape index (κ1) is 20.7. The van der Waals surface area contributed by atoms with E-state index in [1.54, 1.807) is 0 Å². The molecule has 2 aromatic carbocycles. The summed E-state index contributed by atoms with van der Waals surface area (Å²) in [7, 11) is 1.39. The molecule has 1 aliphatic heterocycles. The van der Waals surface area contributed by atoms with E-state index in [1.807, 2.05) is 25.1 Å². The molecule has 2 heterocycles. The molecule has 9 nitrogen and oxygen atoms in total. The zero-order valence-corrected chi connectivity index (χ0v) is 17.7. The zero-order chi connectivity index (χ0) is 22.0. The molecule has 1 amide bonds. The predicted molar refractivity (Wildman–Crippen MR) is 116 cm³/mol. The van der Waals surface area contributed by atoms with Gasteiger partial charge in [-0.2, -0.15) is 0 Å². The number of amides is 1. The molecule has 0 bridgehead atoms. The number of ether oxygens (including phenoxy) is 3. The lowest BCUT2D eigenvalue weighted by atomic mass is 10.1. The number of aryl methyl sites for hydroxylation is 1.